The van der Waals surface area contributed by atoms with Crippen molar-refractivity contribution in [2.45, 2.75) is 6.54 Å². The number of para-hydroxylation sites is 2. The molecule has 2 aromatic carbocycles. The molecule has 1 amide bonds. The van der Waals surface area contributed by atoms with E-state index in [1.807, 2.05) is 24.3 Å². The highest BCUT2D eigenvalue weighted by atomic mass is 16.5. The second-order valence-corrected chi connectivity index (χ2v) is 6.09. The first-order valence-electron chi connectivity index (χ1n) is 8.93. The summed E-state index contributed by atoms with van der Waals surface area (Å²) in [6.45, 7) is 0.332. The molecule has 7 heteroatoms. The van der Waals surface area contributed by atoms with Crippen LogP contribution in [0.4, 0.5) is 11.5 Å². The number of nitrogens with one attached hydrogen (secondary N) is 2. The second kappa shape index (κ2) is 9.36. The smallest absolute Gasteiger partial charge is 0.339 e. The number of methoxy groups -OCH3 is 2. The van der Waals surface area contributed by atoms with Gasteiger partial charge in [-0.15, -0.1) is 0 Å². The van der Waals surface area contributed by atoms with Gasteiger partial charge >= 0.3 is 5.97 Å². The number of carbonyl (C=O) groups is 2. The molecule has 1 aromatic heterocycles. The summed E-state index contributed by atoms with van der Waals surface area (Å²) in [5.41, 5.74) is 2.23. The van der Waals surface area contributed by atoms with Crippen LogP contribution in [0.2, 0.25) is 0 Å². The van der Waals surface area contributed by atoms with Gasteiger partial charge in [0, 0.05) is 23.9 Å². The largest absolute Gasteiger partial charge is 0.496 e. The number of anilines is 2. The Morgan fingerprint density at radius 1 is 1.00 bits per heavy atom. The van der Waals surface area contributed by atoms with Crippen LogP contribution >= 0.6 is 0 Å². The van der Waals surface area contributed by atoms with Crippen molar-refractivity contribution in [3.05, 3.63) is 83.6 Å². The lowest BCUT2D eigenvalue weighted by molar-refractivity contribution is 0.0601. The molecule has 0 aliphatic rings. The Labute approximate surface area is 168 Å². The van der Waals surface area contributed by atoms with Gasteiger partial charge in [-0.25, -0.2) is 9.78 Å². The van der Waals surface area contributed by atoms with E-state index in [4.69, 9.17) is 9.47 Å². The van der Waals surface area contributed by atoms with Gasteiger partial charge in [-0.2, -0.15) is 0 Å². The molecular formula is C22H21N3O4. The lowest BCUT2D eigenvalue weighted by atomic mass is 10.1. The summed E-state index contributed by atoms with van der Waals surface area (Å²) >= 11 is 0. The number of hydrogen-bond acceptors (Lipinski definition) is 6. The number of esters is 1. The fourth-order valence-corrected chi connectivity index (χ4v) is 2.78. The Hall–Kier alpha value is -3.87. The second-order valence-electron chi connectivity index (χ2n) is 6.09. The fraction of sp³-hybridized carbons (Fsp3) is 0.136. The minimum absolute atomic E-state index is 0.248. The summed E-state index contributed by atoms with van der Waals surface area (Å²) < 4.78 is 10.1. The minimum Gasteiger partial charge on any atom is -0.496 e. The maximum absolute atomic E-state index is 12.6. The highest BCUT2D eigenvalue weighted by Gasteiger charge is 2.13. The summed E-state index contributed by atoms with van der Waals surface area (Å²) in [5, 5.41) is 5.93. The van der Waals surface area contributed by atoms with E-state index in [9.17, 15) is 9.59 Å². The van der Waals surface area contributed by atoms with Crippen molar-refractivity contribution in [2.24, 2.45) is 0 Å². The minimum atomic E-state index is -0.459. The predicted molar refractivity (Wildman–Crippen MR) is 109 cm³/mol. The van der Waals surface area contributed by atoms with E-state index in [-0.39, 0.29) is 5.91 Å². The predicted octanol–water partition coefficient (Wildman–Crippen LogP) is 3.55. The highest BCUT2D eigenvalue weighted by molar-refractivity contribution is 5.97. The molecule has 7 nitrogen and oxygen atoms in total. The van der Waals surface area contributed by atoms with E-state index >= 15 is 0 Å². The third-order valence-corrected chi connectivity index (χ3v) is 4.25. The third kappa shape index (κ3) is 4.90. The van der Waals surface area contributed by atoms with Crippen molar-refractivity contribution in [1.29, 1.82) is 0 Å². The maximum atomic E-state index is 12.6. The van der Waals surface area contributed by atoms with Gasteiger partial charge in [0.2, 0.25) is 0 Å². The van der Waals surface area contributed by atoms with Gasteiger partial charge in [-0.3, -0.25) is 4.79 Å². The van der Waals surface area contributed by atoms with Crippen LogP contribution in [0.1, 0.15) is 26.3 Å². The summed E-state index contributed by atoms with van der Waals surface area (Å²) in [6.07, 6.45) is 1.53. The summed E-state index contributed by atoms with van der Waals surface area (Å²) in [5.74, 6) is 0.442. The van der Waals surface area contributed by atoms with Crippen molar-refractivity contribution in [1.82, 2.24) is 10.3 Å². The quantitative estimate of drug-likeness (QED) is 0.599. The Kier molecular flexibility index (Phi) is 6.42. The van der Waals surface area contributed by atoms with Gasteiger partial charge in [0.25, 0.3) is 5.91 Å². The average Bonchev–Trinajstić information content (AvgIpc) is 2.77. The van der Waals surface area contributed by atoms with Crippen molar-refractivity contribution >= 4 is 23.4 Å². The zero-order chi connectivity index (χ0) is 20.6. The molecule has 0 unspecified atom stereocenters. The molecule has 0 radical (unpaired) electrons. The Morgan fingerprint density at radius 3 is 2.55 bits per heavy atom. The first kappa shape index (κ1) is 19.9. The van der Waals surface area contributed by atoms with Gasteiger partial charge < -0.3 is 20.1 Å². The molecule has 1 heterocycles. The van der Waals surface area contributed by atoms with Crippen molar-refractivity contribution < 1.29 is 19.1 Å². The van der Waals surface area contributed by atoms with Crippen molar-refractivity contribution in [3.8, 4) is 5.75 Å². The SMILES string of the molecule is COC(=O)c1ccccc1Nc1cc(C(=O)NCc2ccccc2OC)ccn1. The van der Waals surface area contributed by atoms with E-state index in [0.717, 1.165) is 5.56 Å². The maximum Gasteiger partial charge on any atom is 0.339 e. The first-order valence-corrected chi connectivity index (χ1v) is 8.93. The Balaban J connectivity index is 1.73. The third-order valence-electron chi connectivity index (χ3n) is 4.25. The zero-order valence-corrected chi connectivity index (χ0v) is 16.1. The number of hydrogen-bond donors (Lipinski definition) is 2. The summed E-state index contributed by atoms with van der Waals surface area (Å²) in [7, 11) is 2.91. The normalized spacial score (nSPS) is 10.1. The first-order chi connectivity index (χ1) is 14.1. The van der Waals surface area contributed by atoms with E-state index < -0.39 is 5.97 Å². The van der Waals surface area contributed by atoms with Crippen LogP contribution in [0.3, 0.4) is 0 Å². The number of benzene rings is 2. The molecule has 0 aliphatic carbocycles. The van der Waals surface area contributed by atoms with Crippen LogP contribution in [0, 0.1) is 0 Å². The van der Waals surface area contributed by atoms with Crippen molar-refractivity contribution in [2.75, 3.05) is 19.5 Å². The monoisotopic (exact) mass is 391 g/mol. The van der Waals surface area contributed by atoms with Gasteiger partial charge in [0.1, 0.15) is 11.6 Å². The molecule has 3 aromatic rings. The number of pyridine rings is 1. The number of rotatable bonds is 7. The molecule has 0 fully saturated rings. The van der Waals surface area contributed by atoms with Crippen molar-refractivity contribution in [3.63, 3.8) is 0 Å². The molecule has 3 rings (SSSR count). The molecule has 0 saturated carbocycles. The lowest BCUT2D eigenvalue weighted by Gasteiger charge is -2.12. The van der Waals surface area contributed by atoms with Crippen LogP contribution in [0.15, 0.2) is 66.9 Å². The average molecular weight is 391 g/mol. The number of ether oxygens (including phenoxy) is 2. The molecule has 0 spiro atoms. The van der Waals surface area contributed by atoms with Gasteiger partial charge in [0.15, 0.2) is 0 Å². The van der Waals surface area contributed by atoms with Crippen LogP contribution in [0.25, 0.3) is 0 Å². The number of amides is 1. The zero-order valence-electron chi connectivity index (χ0n) is 16.1. The van der Waals surface area contributed by atoms with Crippen LogP contribution in [0.5, 0.6) is 5.75 Å². The topological polar surface area (TPSA) is 89.5 Å². The summed E-state index contributed by atoms with van der Waals surface area (Å²) in [4.78, 5) is 28.7. The van der Waals surface area contributed by atoms with E-state index in [2.05, 4.69) is 15.6 Å². The van der Waals surface area contributed by atoms with Gasteiger partial charge in [-0.1, -0.05) is 30.3 Å². The highest BCUT2D eigenvalue weighted by Crippen LogP contribution is 2.21. The molecule has 0 saturated heterocycles. The van der Waals surface area contributed by atoms with E-state index in [0.29, 0.717) is 34.9 Å². The Bertz CT molecular complexity index is 1020. The summed E-state index contributed by atoms with van der Waals surface area (Å²) in [6, 6.07) is 17.7. The standard InChI is InChI=1S/C22H21N3O4/c1-28-19-10-6-3-7-16(19)14-24-21(26)15-11-12-23-20(13-15)25-18-9-5-4-8-17(18)22(27)29-2/h3-13H,14H2,1-2H3,(H,23,25)(H,24,26). The fourth-order valence-electron chi connectivity index (χ4n) is 2.78. The lowest BCUT2D eigenvalue weighted by Crippen LogP contribution is -2.23. The number of nitrogens with zero attached hydrogens (tertiary/aromatic N) is 1. The van der Waals surface area contributed by atoms with E-state index in [1.165, 1.54) is 13.3 Å². The van der Waals surface area contributed by atoms with E-state index in [1.54, 1.807) is 43.5 Å². The molecule has 0 bridgehead atoms. The molecule has 2 N–H and O–H groups in total. The van der Waals surface area contributed by atoms with Crippen LogP contribution in [-0.2, 0) is 11.3 Å². The molecule has 148 valence electrons. The molecular weight excluding hydrogens is 370 g/mol. The number of aromatic nitrogens is 1. The van der Waals surface area contributed by atoms with Crippen LogP contribution < -0.4 is 15.4 Å². The van der Waals surface area contributed by atoms with Gasteiger partial charge in [-0.05, 0) is 30.3 Å². The molecule has 29 heavy (non-hydrogen) atoms. The van der Waals surface area contributed by atoms with Gasteiger partial charge in [0.05, 0.1) is 25.5 Å². The Morgan fingerprint density at radius 2 is 1.76 bits per heavy atom. The molecule has 0 aliphatic heterocycles. The van der Waals surface area contributed by atoms with Crippen LogP contribution in [-0.4, -0.2) is 31.1 Å². The number of carbonyl (C=O) groups excluding carboxylic acids is 2. The molecule has 0 atom stereocenters.